The van der Waals surface area contributed by atoms with Crippen molar-refractivity contribution in [3.05, 3.63) is 24.4 Å². The summed E-state index contributed by atoms with van der Waals surface area (Å²) in [5.74, 6) is 0.686. The highest BCUT2D eigenvalue weighted by atomic mass is 32.1. The van der Waals surface area contributed by atoms with Crippen LogP contribution in [-0.2, 0) is 4.74 Å². The van der Waals surface area contributed by atoms with Crippen molar-refractivity contribution in [2.45, 2.75) is 20.0 Å². The molecule has 2 aromatic heterocycles. The third-order valence-corrected chi connectivity index (χ3v) is 4.54. The molecule has 1 aliphatic rings. The molecule has 0 amide bonds. The molecule has 0 saturated carbocycles. The maximum Gasteiger partial charge on any atom is 0.206 e. The Morgan fingerprint density at radius 1 is 1.39 bits per heavy atom. The molecular weight excluding hydrogens is 310 g/mol. The molecule has 0 aromatic carbocycles. The molecule has 3 rings (SSSR count). The third kappa shape index (κ3) is 4.70. The quantitative estimate of drug-likeness (QED) is 0.876. The zero-order chi connectivity index (χ0) is 16.1. The number of ether oxygens (including phenoxy) is 1. The normalized spacial score (nSPS) is 19.2. The Bertz CT molecular complexity index is 604. The molecule has 2 aromatic rings. The molecule has 1 unspecified atom stereocenters. The van der Waals surface area contributed by atoms with Crippen molar-refractivity contribution >= 4 is 16.5 Å². The van der Waals surface area contributed by atoms with Crippen molar-refractivity contribution in [1.29, 1.82) is 0 Å². The number of nitrogens with one attached hydrogen (secondary N) is 1. The molecule has 0 aliphatic carbocycles. The first-order chi connectivity index (χ1) is 11.2. The fraction of sp³-hybridized carbons (Fsp3) is 0.562. The second-order valence-corrected chi connectivity index (χ2v) is 7.13. The van der Waals surface area contributed by atoms with Gasteiger partial charge in [-0.15, -0.1) is 10.2 Å². The van der Waals surface area contributed by atoms with Crippen LogP contribution in [0.25, 0.3) is 10.7 Å². The molecule has 1 N–H and O–H groups in total. The highest BCUT2D eigenvalue weighted by Gasteiger charge is 2.21. The second-order valence-electron chi connectivity index (χ2n) is 6.15. The molecule has 1 atom stereocenters. The molecule has 6 nitrogen and oxygen atoms in total. The van der Waals surface area contributed by atoms with Gasteiger partial charge in [-0.2, -0.15) is 0 Å². The van der Waals surface area contributed by atoms with E-state index in [0.29, 0.717) is 5.92 Å². The van der Waals surface area contributed by atoms with E-state index in [-0.39, 0.29) is 6.10 Å². The van der Waals surface area contributed by atoms with Gasteiger partial charge in [-0.05, 0) is 18.1 Å². The van der Waals surface area contributed by atoms with Gasteiger partial charge in [0.1, 0.15) is 5.69 Å². The van der Waals surface area contributed by atoms with E-state index in [1.54, 1.807) is 6.20 Å². The largest absolute Gasteiger partial charge is 0.374 e. The molecule has 0 bridgehead atoms. The lowest BCUT2D eigenvalue weighted by molar-refractivity contribution is -0.0244. The van der Waals surface area contributed by atoms with Crippen molar-refractivity contribution in [2.24, 2.45) is 5.92 Å². The van der Waals surface area contributed by atoms with Gasteiger partial charge in [-0.3, -0.25) is 9.88 Å². The lowest BCUT2D eigenvalue weighted by Crippen LogP contribution is -2.46. The number of hydrogen-bond acceptors (Lipinski definition) is 7. The number of pyridine rings is 1. The van der Waals surface area contributed by atoms with E-state index in [9.17, 15) is 0 Å². The van der Waals surface area contributed by atoms with Crippen LogP contribution < -0.4 is 5.32 Å². The number of rotatable bonds is 6. The highest BCUT2D eigenvalue weighted by molar-refractivity contribution is 7.18. The van der Waals surface area contributed by atoms with Crippen molar-refractivity contribution in [3.8, 4) is 10.7 Å². The highest BCUT2D eigenvalue weighted by Crippen LogP contribution is 2.24. The second kappa shape index (κ2) is 7.81. The van der Waals surface area contributed by atoms with Crippen molar-refractivity contribution in [1.82, 2.24) is 20.1 Å². The minimum Gasteiger partial charge on any atom is -0.374 e. The number of aromatic nitrogens is 3. The summed E-state index contributed by atoms with van der Waals surface area (Å²) >= 11 is 1.52. The average Bonchev–Trinajstić information content (AvgIpc) is 3.02. The third-order valence-electron chi connectivity index (χ3n) is 3.64. The Kier molecular flexibility index (Phi) is 5.53. The molecule has 1 aliphatic heterocycles. The summed E-state index contributed by atoms with van der Waals surface area (Å²) in [6, 6.07) is 5.79. The number of morpholine rings is 1. The Morgan fingerprint density at radius 2 is 2.30 bits per heavy atom. The summed E-state index contributed by atoms with van der Waals surface area (Å²) < 4.78 is 5.84. The van der Waals surface area contributed by atoms with Crippen molar-refractivity contribution in [3.63, 3.8) is 0 Å². The Labute approximate surface area is 140 Å². The number of anilines is 1. The fourth-order valence-corrected chi connectivity index (χ4v) is 3.40. The first-order valence-electron chi connectivity index (χ1n) is 8.03. The van der Waals surface area contributed by atoms with E-state index in [4.69, 9.17) is 4.74 Å². The zero-order valence-corrected chi connectivity index (χ0v) is 14.4. The topological polar surface area (TPSA) is 63.2 Å². The molecule has 0 spiro atoms. The number of nitrogens with zero attached hydrogens (tertiary/aromatic N) is 4. The van der Waals surface area contributed by atoms with Gasteiger partial charge in [-0.25, -0.2) is 0 Å². The molecule has 1 saturated heterocycles. The van der Waals surface area contributed by atoms with E-state index >= 15 is 0 Å². The first-order valence-corrected chi connectivity index (χ1v) is 8.85. The van der Waals surface area contributed by atoms with Gasteiger partial charge in [0, 0.05) is 32.4 Å². The van der Waals surface area contributed by atoms with Crippen LogP contribution in [0.5, 0.6) is 0 Å². The summed E-state index contributed by atoms with van der Waals surface area (Å²) in [7, 11) is 0. The standard InChI is InChI=1S/C16H23N5OS/c1-12(2)10-21-7-8-22-13(11-21)9-18-16-20-19-15(23-16)14-5-3-4-6-17-14/h3-6,12-13H,7-11H2,1-2H3,(H,18,20). The van der Waals surface area contributed by atoms with Gasteiger partial charge < -0.3 is 10.1 Å². The fourth-order valence-electron chi connectivity index (χ4n) is 2.67. The molecule has 124 valence electrons. The summed E-state index contributed by atoms with van der Waals surface area (Å²) in [6.45, 7) is 9.18. The van der Waals surface area contributed by atoms with E-state index in [2.05, 4.69) is 39.2 Å². The molecule has 7 heteroatoms. The van der Waals surface area contributed by atoms with Crippen LogP contribution in [0.4, 0.5) is 5.13 Å². The van der Waals surface area contributed by atoms with Gasteiger partial charge in [0.05, 0.1) is 12.7 Å². The maximum atomic E-state index is 5.84. The predicted molar refractivity (Wildman–Crippen MR) is 92.6 cm³/mol. The van der Waals surface area contributed by atoms with Crippen LogP contribution in [-0.4, -0.2) is 59.0 Å². The van der Waals surface area contributed by atoms with E-state index in [0.717, 1.165) is 48.6 Å². The predicted octanol–water partition coefficient (Wildman–Crippen LogP) is 2.37. The van der Waals surface area contributed by atoms with Crippen LogP contribution >= 0.6 is 11.3 Å². The van der Waals surface area contributed by atoms with E-state index < -0.39 is 0 Å². The summed E-state index contributed by atoms with van der Waals surface area (Å²) in [5.41, 5.74) is 0.857. The average molecular weight is 333 g/mol. The Balaban J connectivity index is 1.51. The summed E-state index contributed by atoms with van der Waals surface area (Å²) in [5, 5.41) is 13.4. The van der Waals surface area contributed by atoms with Crippen molar-refractivity contribution in [2.75, 3.05) is 38.1 Å². The van der Waals surface area contributed by atoms with Crippen LogP contribution in [0.15, 0.2) is 24.4 Å². The van der Waals surface area contributed by atoms with Gasteiger partial charge in [-0.1, -0.05) is 31.3 Å². The van der Waals surface area contributed by atoms with Gasteiger partial charge in [0.2, 0.25) is 5.13 Å². The molecule has 23 heavy (non-hydrogen) atoms. The SMILES string of the molecule is CC(C)CN1CCOC(CNc2nnc(-c3ccccn3)s2)C1. The van der Waals surface area contributed by atoms with Crippen LogP contribution in [0.2, 0.25) is 0 Å². The first kappa shape index (κ1) is 16.3. The summed E-state index contributed by atoms with van der Waals surface area (Å²) in [6.07, 6.45) is 1.97. The van der Waals surface area contributed by atoms with Gasteiger partial charge >= 0.3 is 0 Å². The number of hydrogen-bond donors (Lipinski definition) is 1. The van der Waals surface area contributed by atoms with Gasteiger partial charge in [0.15, 0.2) is 5.01 Å². The van der Waals surface area contributed by atoms with Crippen molar-refractivity contribution < 1.29 is 4.74 Å². The summed E-state index contributed by atoms with van der Waals surface area (Å²) in [4.78, 5) is 6.77. The molecular formula is C16H23N5OS. The minimum atomic E-state index is 0.199. The molecule has 3 heterocycles. The monoisotopic (exact) mass is 333 g/mol. The zero-order valence-electron chi connectivity index (χ0n) is 13.6. The maximum absolute atomic E-state index is 5.84. The lowest BCUT2D eigenvalue weighted by Gasteiger charge is -2.33. The smallest absolute Gasteiger partial charge is 0.206 e. The van der Waals surface area contributed by atoms with E-state index in [1.165, 1.54) is 11.3 Å². The molecule has 1 fully saturated rings. The van der Waals surface area contributed by atoms with Crippen LogP contribution in [0.3, 0.4) is 0 Å². The Morgan fingerprint density at radius 3 is 3.09 bits per heavy atom. The van der Waals surface area contributed by atoms with Crippen LogP contribution in [0.1, 0.15) is 13.8 Å². The molecule has 0 radical (unpaired) electrons. The Hall–Kier alpha value is -1.57. The van der Waals surface area contributed by atoms with Crippen LogP contribution in [0, 0.1) is 5.92 Å². The van der Waals surface area contributed by atoms with Gasteiger partial charge in [0.25, 0.3) is 0 Å². The van der Waals surface area contributed by atoms with E-state index in [1.807, 2.05) is 18.2 Å². The minimum absolute atomic E-state index is 0.199. The lowest BCUT2D eigenvalue weighted by atomic mass is 10.2.